The van der Waals surface area contributed by atoms with Crippen molar-refractivity contribution in [3.63, 3.8) is 0 Å². The molecular weight excluding hydrogens is 308 g/mol. The summed E-state index contributed by atoms with van der Waals surface area (Å²) in [7, 11) is 0. The van der Waals surface area contributed by atoms with E-state index < -0.39 is 11.7 Å². The van der Waals surface area contributed by atoms with E-state index >= 15 is 0 Å². The van der Waals surface area contributed by atoms with Crippen LogP contribution in [0, 0.1) is 0 Å². The van der Waals surface area contributed by atoms with Crippen molar-refractivity contribution in [3.05, 3.63) is 40.8 Å². The summed E-state index contributed by atoms with van der Waals surface area (Å²) in [6.45, 7) is 0.429. The van der Waals surface area contributed by atoms with E-state index in [2.05, 4.69) is 5.32 Å². The maximum Gasteiger partial charge on any atom is 0.336 e. The van der Waals surface area contributed by atoms with E-state index in [-0.39, 0.29) is 24.4 Å². The van der Waals surface area contributed by atoms with Crippen LogP contribution in [0.5, 0.6) is 0 Å². The minimum absolute atomic E-state index is 0. The second-order valence-electron chi connectivity index (χ2n) is 5.06. The fourth-order valence-electron chi connectivity index (χ4n) is 2.44. The van der Waals surface area contributed by atoms with Gasteiger partial charge in [0.2, 0.25) is 0 Å². The molecule has 0 spiro atoms. The molecule has 1 amide bonds. The number of amides is 1. The number of halogens is 1. The van der Waals surface area contributed by atoms with Gasteiger partial charge in [0.05, 0.1) is 6.10 Å². The van der Waals surface area contributed by atoms with Crippen LogP contribution in [-0.4, -0.2) is 24.7 Å². The molecule has 0 unspecified atom stereocenters. The van der Waals surface area contributed by atoms with Gasteiger partial charge in [-0.05, 0) is 37.1 Å². The van der Waals surface area contributed by atoms with Crippen molar-refractivity contribution in [2.45, 2.75) is 25.0 Å². The third-order valence-corrected chi connectivity index (χ3v) is 3.55. The Bertz CT molecular complexity index is 731. The molecule has 0 saturated carbocycles. The van der Waals surface area contributed by atoms with Gasteiger partial charge in [-0.15, -0.1) is 12.4 Å². The molecule has 118 valence electrons. The van der Waals surface area contributed by atoms with Crippen LogP contribution in [0.4, 0.5) is 5.69 Å². The van der Waals surface area contributed by atoms with Gasteiger partial charge in [0, 0.05) is 23.7 Å². The molecule has 1 fully saturated rings. The lowest BCUT2D eigenvalue weighted by Gasteiger charge is -2.12. The average Bonchev–Trinajstić information content (AvgIpc) is 2.96. The van der Waals surface area contributed by atoms with Gasteiger partial charge in [0.1, 0.15) is 11.7 Å². The van der Waals surface area contributed by atoms with Crippen LogP contribution >= 0.6 is 12.4 Å². The zero-order valence-corrected chi connectivity index (χ0v) is 12.6. The molecule has 0 aliphatic carbocycles. The second kappa shape index (κ2) is 6.91. The van der Waals surface area contributed by atoms with E-state index in [4.69, 9.17) is 14.9 Å². The summed E-state index contributed by atoms with van der Waals surface area (Å²) in [5.41, 5.74) is 6.26. The fraction of sp³-hybridized carbons (Fsp3) is 0.333. The normalized spacial score (nSPS) is 20.6. The van der Waals surface area contributed by atoms with Crippen LogP contribution < -0.4 is 16.7 Å². The Balaban J connectivity index is 0.00000176. The SMILES string of the molecule is Cl.NC[C@H]1CC[C@@H](C(=O)Nc2ccc3oc(=O)ccc3c2)O1. The van der Waals surface area contributed by atoms with E-state index in [0.29, 0.717) is 24.2 Å². The summed E-state index contributed by atoms with van der Waals surface area (Å²) >= 11 is 0. The first-order valence-corrected chi connectivity index (χ1v) is 6.86. The topological polar surface area (TPSA) is 94.6 Å². The molecule has 1 aliphatic rings. The fourth-order valence-corrected chi connectivity index (χ4v) is 2.44. The van der Waals surface area contributed by atoms with Crippen molar-refractivity contribution >= 4 is 35.0 Å². The van der Waals surface area contributed by atoms with E-state index in [1.165, 1.54) is 6.07 Å². The lowest BCUT2D eigenvalue weighted by molar-refractivity contribution is -0.126. The number of hydrogen-bond donors (Lipinski definition) is 2. The minimum Gasteiger partial charge on any atom is -0.423 e. The predicted molar refractivity (Wildman–Crippen MR) is 85.3 cm³/mol. The lowest BCUT2D eigenvalue weighted by Crippen LogP contribution is -2.29. The first kappa shape index (κ1) is 16.5. The molecule has 1 aromatic carbocycles. The molecule has 1 saturated heterocycles. The molecule has 6 nitrogen and oxygen atoms in total. The molecule has 7 heteroatoms. The standard InChI is InChI=1S/C15H16N2O4.ClH/c16-8-11-3-5-13(20-11)15(19)17-10-2-4-12-9(7-10)1-6-14(18)21-12;/h1-2,4,6-7,11,13H,3,5,8,16H2,(H,17,19);1H/t11-,13+;/m1./s1. The first-order chi connectivity index (χ1) is 10.2. The maximum atomic E-state index is 12.1. The van der Waals surface area contributed by atoms with Crippen molar-refractivity contribution < 1.29 is 13.9 Å². The highest BCUT2D eigenvalue weighted by atomic mass is 35.5. The Kier molecular flexibility index (Phi) is 5.18. The van der Waals surface area contributed by atoms with Crippen LogP contribution in [0.25, 0.3) is 11.0 Å². The molecule has 1 aromatic heterocycles. The first-order valence-electron chi connectivity index (χ1n) is 6.86. The Morgan fingerprint density at radius 2 is 2.09 bits per heavy atom. The number of benzene rings is 1. The smallest absolute Gasteiger partial charge is 0.336 e. The number of carbonyl (C=O) groups excluding carboxylic acids is 1. The van der Waals surface area contributed by atoms with Crippen LogP contribution in [0.3, 0.4) is 0 Å². The highest BCUT2D eigenvalue weighted by Crippen LogP contribution is 2.22. The molecule has 0 bridgehead atoms. The average molecular weight is 325 g/mol. The van der Waals surface area contributed by atoms with Crippen molar-refractivity contribution in [1.29, 1.82) is 0 Å². The second-order valence-corrected chi connectivity index (χ2v) is 5.06. The largest absolute Gasteiger partial charge is 0.423 e. The molecule has 2 atom stereocenters. The number of nitrogens with two attached hydrogens (primary N) is 1. The zero-order valence-electron chi connectivity index (χ0n) is 11.8. The van der Waals surface area contributed by atoms with Crippen molar-refractivity contribution in [1.82, 2.24) is 0 Å². The molecular formula is C15H17ClN2O4. The van der Waals surface area contributed by atoms with Gasteiger partial charge in [-0.2, -0.15) is 0 Å². The lowest BCUT2D eigenvalue weighted by atomic mass is 10.1. The summed E-state index contributed by atoms with van der Waals surface area (Å²) in [6, 6.07) is 8.11. The molecule has 2 heterocycles. The quantitative estimate of drug-likeness (QED) is 0.837. The molecule has 2 aromatic rings. The Hall–Kier alpha value is -1.89. The predicted octanol–water partition coefficient (Wildman–Crippen LogP) is 1.66. The molecule has 0 radical (unpaired) electrons. The Morgan fingerprint density at radius 1 is 1.27 bits per heavy atom. The number of anilines is 1. The summed E-state index contributed by atoms with van der Waals surface area (Å²) in [4.78, 5) is 23.2. The van der Waals surface area contributed by atoms with Crippen LogP contribution in [-0.2, 0) is 9.53 Å². The van der Waals surface area contributed by atoms with Gasteiger partial charge in [-0.25, -0.2) is 4.79 Å². The number of fused-ring (bicyclic) bond motifs is 1. The van der Waals surface area contributed by atoms with E-state index in [0.717, 1.165) is 11.8 Å². The van der Waals surface area contributed by atoms with Crippen LogP contribution in [0.1, 0.15) is 12.8 Å². The van der Waals surface area contributed by atoms with Gasteiger partial charge < -0.3 is 20.2 Å². The molecule has 1 aliphatic heterocycles. The zero-order chi connectivity index (χ0) is 14.8. The van der Waals surface area contributed by atoms with Crippen molar-refractivity contribution in [2.24, 2.45) is 5.73 Å². The molecule has 3 N–H and O–H groups in total. The Morgan fingerprint density at radius 3 is 2.82 bits per heavy atom. The highest BCUT2D eigenvalue weighted by Gasteiger charge is 2.29. The number of hydrogen-bond acceptors (Lipinski definition) is 5. The van der Waals surface area contributed by atoms with E-state index in [1.807, 2.05) is 0 Å². The number of carbonyl (C=O) groups is 1. The number of ether oxygens (including phenoxy) is 1. The third-order valence-electron chi connectivity index (χ3n) is 3.55. The summed E-state index contributed by atoms with van der Waals surface area (Å²) in [5, 5.41) is 3.56. The van der Waals surface area contributed by atoms with Gasteiger partial charge >= 0.3 is 5.63 Å². The van der Waals surface area contributed by atoms with Gasteiger partial charge in [0.15, 0.2) is 0 Å². The number of nitrogens with one attached hydrogen (secondary N) is 1. The van der Waals surface area contributed by atoms with Gasteiger partial charge in [-0.1, -0.05) is 0 Å². The van der Waals surface area contributed by atoms with Crippen molar-refractivity contribution in [3.8, 4) is 0 Å². The van der Waals surface area contributed by atoms with Crippen molar-refractivity contribution in [2.75, 3.05) is 11.9 Å². The van der Waals surface area contributed by atoms with Gasteiger partial charge in [0.25, 0.3) is 5.91 Å². The summed E-state index contributed by atoms with van der Waals surface area (Å²) < 4.78 is 10.6. The third kappa shape index (κ3) is 3.47. The molecule has 22 heavy (non-hydrogen) atoms. The monoisotopic (exact) mass is 324 g/mol. The Labute approximate surface area is 133 Å². The van der Waals surface area contributed by atoms with Crippen LogP contribution in [0.15, 0.2) is 39.5 Å². The minimum atomic E-state index is -0.456. The van der Waals surface area contributed by atoms with E-state index in [9.17, 15) is 9.59 Å². The maximum absolute atomic E-state index is 12.1. The van der Waals surface area contributed by atoms with Crippen LogP contribution in [0.2, 0.25) is 0 Å². The molecule has 3 rings (SSSR count). The van der Waals surface area contributed by atoms with Gasteiger partial charge in [-0.3, -0.25) is 4.79 Å². The van der Waals surface area contributed by atoms with E-state index in [1.54, 1.807) is 24.3 Å². The summed E-state index contributed by atoms with van der Waals surface area (Å²) in [6.07, 6.45) is 0.989. The highest BCUT2D eigenvalue weighted by molar-refractivity contribution is 5.96. The summed E-state index contributed by atoms with van der Waals surface area (Å²) in [5.74, 6) is -0.178. The number of rotatable bonds is 3.